The number of aryl methyl sites for hydroxylation is 3. The number of imidazole rings is 1. The first-order valence-corrected chi connectivity index (χ1v) is 12.6. The summed E-state index contributed by atoms with van der Waals surface area (Å²) in [7, 11) is 0. The Bertz CT molecular complexity index is 1250. The number of rotatable bonds is 12. The maximum atomic E-state index is 12.3. The van der Waals surface area contributed by atoms with Crippen molar-refractivity contribution in [1.29, 1.82) is 0 Å². The minimum Gasteiger partial charge on any atom is -0.493 e. The van der Waals surface area contributed by atoms with Crippen LogP contribution in [-0.4, -0.2) is 28.6 Å². The van der Waals surface area contributed by atoms with Gasteiger partial charge in [-0.05, 0) is 67.6 Å². The molecule has 0 saturated carbocycles. The lowest BCUT2D eigenvalue weighted by Gasteiger charge is -2.11. The number of ether oxygens (including phenoxy) is 1. The molecule has 1 N–H and O–H groups in total. The monoisotopic (exact) mass is 489 g/mol. The molecule has 5 nitrogen and oxygen atoms in total. The third-order valence-corrected chi connectivity index (χ3v) is 6.29. The summed E-state index contributed by atoms with van der Waals surface area (Å²) in [5.74, 6) is 2.05. The molecule has 1 aromatic heterocycles. The van der Waals surface area contributed by atoms with E-state index >= 15 is 0 Å². The van der Waals surface area contributed by atoms with E-state index in [1.165, 1.54) is 0 Å². The van der Waals surface area contributed by atoms with Gasteiger partial charge in [0.05, 0.1) is 24.1 Å². The van der Waals surface area contributed by atoms with Crippen molar-refractivity contribution in [3.8, 4) is 5.75 Å². The van der Waals surface area contributed by atoms with Crippen LogP contribution in [-0.2, 0) is 24.2 Å². The number of nitrogens with zero attached hydrogens (tertiary/aromatic N) is 2. The molecule has 0 unspecified atom stereocenters. The number of para-hydroxylation sites is 3. The summed E-state index contributed by atoms with van der Waals surface area (Å²) in [5.41, 5.74) is 4.30. The third kappa shape index (κ3) is 7.09. The van der Waals surface area contributed by atoms with Crippen molar-refractivity contribution in [3.63, 3.8) is 0 Å². The Balaban J connectivity index is 1.26. The van der Waals surface area contributed by atoms with Crippen molar-refractivity contribution in [2.24, 2.45) is 0 Å². The van der Waals surface area contributed by atoms with E-state index in [4.69, 9.17) is 21.3 Å². The number of amides is 1. The Hall–Kier alpha value is -3.31. The van der Waals surface area contributed by atoms with Crippen LogP contribution in [0.3, 0.4) is 0 Å². The van der Waals surface area contributed by atoms with Crippen molar-refractivity contribution in [3.05, 3.63) is 94.8 Å². The van der Waals surface area contributed by atoms with Gasteiger partial charge in [-0.1, -0.05) is 54.1 Å². The zero-order valence-electron chi connectivity index (χ0n) is 20.2. The van der Waals surface area contributed by atoms with Crippen LogP contribution >= 0.6 is 11.6 Å². The maximum absolute atomic E-state index is 12.3. The number of carbonyl (C=O) groups excluding carboxylic acids is 1. The molecule has 35 heavy (non-hydrogen) atoms. The van der Waals surface area contributed by atoms with Crippen LogP contribution in [0, 0.1) is 6.92 Å². The van der Waals surface area contributed by atoms with E-state index in [1.807, 2.05) is 48.5 Å². The number of fused-ring (bicyclic) bond motifs is 1. The lowest BCUT2D eigenvalue weighted by Crippen LogP contribution is -2.26. The minimum absolute atomic E-state index is 0.0227. The van der Waals surface area contributed by atoms with Gasteiger partial charge >= 0.3 is 0 Å². The van der Waals surface area contributed by atoms with E-state index < -0.39 is 0 Å². The number of hydrogen-bond acceptors (Lipinski definition) is 3. The highest BCUT2D eigenvalue weighted by atomic mass is 35.5. The number of benzene rings is 3. The Kier molecular flexibility index (Phi) is 8.79. The van der Waals surface area contributed by atoms with Crippen molar-refractivity contribution in [1.82, 2.24) is 14.9 Å². The zero-order chi connectivity index (χ0) is 24.5. The standard InChI is InChI=1S/C29H32ClN3O2/c1-22-9-2-5-12-27(22)35-20-7-6-19-33-26-11-4-3-10-25(26)32-28(33)13-8-18-31-29(34)21-23-14-16-24(30)17-15-23/h2-5,9-12,14-17H,6-8,13,18-21H2,1H3,(H,31,34). The van der Waals surface area contributed by atoms with Crippen LogP contribution < -0.4 is 10.1 Å². The topological polar surface area (TPSA) is 56.1 Å². The Morgan fingerprint density at radius 1 is 0.971 bits per heavy atom. The van der Waals surface area contributed by atoms with E-state index in [9.17, 15) is 4.79 Å². The molecule has 0 aliphatic rings. The first kappa shape index (κ1) is 24.8. The molecule has 0 bridgehead atoms. The maximum Gasteiger partial charge on any atom is 0.224 e. The second-order valence-electron chi connectivity index (χ2n) is 8.75. The van der Waals surface area contributed by atoms with Crippen molar-refractivity contribution >= 4 is 28.5 Å². The molecule has 4 rings (SSSR count). The van der Waals surface area contributed by atoms with Gasteiger partial charge in [0.25, 0.3) is 0 Å². The van der Waals surface area contributed by atoms with Crippen LogP contribution in [0.1, 0.15) is 36.2 Å². The summed E-state index contributed by atoms with van der Waals surface area (Å²) in [5, 5.41) is 3.70. The van der Waals surface area contributed by atoms with Crippen molar-refractivity contribution in [2.75, 3.05) is 13.2 Å². The predicted molar refractivity (Wildman–Crippen MR) is 142 cm³/mol. The van der Waals surface area contributed by atoms with E-state index in [0.717, 1.165) is 66.0 Å². The van der Waals surface area contributed by atoms with E-state index in [1.54, 1.807) is 0 Å². The molecule has 0 aliphatic heterocycles. The normalized spacial score (nSPS) is 11.0. The number of aromatic nitrogens is 2. The molecule has 182 valence electrons. The molecule has 1 heterocycles. The largest absolute Gasteiger partial charge is 0.493 e. The number of hydrogen-bond donors (Lipinski definition) is 1. The second kappa shape index (κ2) is 12.4. The Labute approximate surface area is 212 Å². The number of unbranched alkanes of at least 4 members (excludes halogenated alkanes) is 1. The molecule has 0 atom stereocenters. The van der Waals surface area contributed by atoms with E-state index in [2.05, 4.69) is 41.1 Å². The zero-order valence-corrected chi connectivity index (χ0v) is 20.9. The van der Waals surface area contributed by atoms with Gasteiger partial charge in [0, 0.05) is 24.5 Å². The third-order valence-electron chi connectivity index (χ3n) is 6.04. The molecule has 0 spiro atoms. The first-order chi connectivity index (χ1) is 17.1. The van der Waals surface area contributed by atoms with Gasteiger partial charge in [-0.2, -0.15) is 0 Å². The Morgan fingerprint density at radius 3 is 2.57 bits per heavy atom. The highest BCUT2D eigenvalue weighted by Gasteiger charge is 2.11. The minimum atomic E-state index is 0.0227. The lowest BCUT2D eigenvalue weighted by molar-refractivity contribution is -0.120. The van der Waals surface area contributed by atoms with Gasteiger partial charge in [0.1, 0.15) is 11.6 Å². The highest BCUT2D eigenvalue weighted by Crippen LogP contribution is 2.19. The second-order valence-corrected chi connectivity index (χ2v) is 9.18. The van der Waals surface area contributed by atoms with Crippen LogP contribution in [0.4, 0.5) is 0 Å². The molecule has 1 amide bonds. The molecule has 3 aromatic carbocycles. The van der Waals surface area contributed by atoms with Crippen LogP contribution in [0.15, 0.2) is 72.8 Å². The average molecular weight is 490 g/mol. The highest BCUT2D eigenvalue weighted by molar-refractivity contribution is 6.30. The number of halogens is 1. The Morgan fingerprint density at radius 2 is 1.74 bits per heavy atom. The fourth-order valence-corrected chi connectivity index (χ4v) is 4.29. The van der Waals surface area contributed by atoms with Gasteiger partial charge in [-0.3, -0.25) is 4.79 Å². The first-order valence-electron chi connectivity index (χ1n) is 12.2. The van der Waals surface area contributed by atoms with Crippen LogP contribution in [0.25, 0.3) is 11.0 Å². The van der Waals surface area contributed by atoms with Crippen molar-refractivity contribution in [2.45, 2.75) is 45.6 Å². The lowest BCUT2D eigenvalue weighted by atomic mass is 10.1. The molecular formula is C29H32ClN3O2. The summed E-state index contributed by atoms with van der Waals surface area (Å²) >= 11 is 5.91. The predicted octanol–water partition coefficient (Wildman–Crippen LogP) is 6.15. The van der Waals surface area contributed by atoms with Crippen LogP contribution in [0.5, 0.6) is 5.75 Å². The molecule has 4 aromatic rings. The molecular weight excluding hydrogens is 458 g/mol. The van der Waals surface area contributed by atoms with E-state index in [0.29, 0.717) is 24.6 Å². The molecule has 6 heteroatoms. The van der Waals surface area contributed by atoms with Crippen molar-refractivity contribution < 1.29 is 9.53 Å². The smallest absolute Gasteiger partial charge is 0.224 e. The summed E-state index contributed by atoms with van der Waals surface area (Å²) in [6.45, 7) is 4.29. The summed E-state index contributed by atoms with van der Waals surface area (Å²) in [6.07, 6.45) is 4.00. The summed E-state index contributed by atoms with van der Waals surface area (Å²) in [4.78, 5) is 17.1. The van der Waals surface area contributed by atoms with E-state index in [-0.39, 0.29) is 5.91 Å². The van der Waals surface area contributed by atoms with Gasteiger partial charge in [-0.25, -0.2) is 4.98 Å². The number of nitrogens with one attached hydrogen (secondary N) is 1. The van der Waals surface area contributed by atoms with Gasteiger partial charge in [0.15, 0.2) is 0 Å². The van der Waals surface area contributed by atoms with Gasteiger partial charge in [0.2, 0.25) is 5.91 Å². The fourth-order valence-electron chi connectivity index (χ4n) is 4.16. The quantitative estimate of drug-likeness (QED) is 0.243. The molecule has 0 saturated heterocycles. The number of carbonyl (C=O) groups is 1. The average Bonchev–Trinajstić information content (AvgIpc) is 3.21. The molecule has 0 fully saturated rings. The molecule has 0 aliphatic carbocycles. The summed E-state index contributed by atoms with van der Waals surface area (Å²) < 4.78 is 8.27. The van der Waals surface area contributed by atoms with Gasteiger partial charge in [-0.15, -0.1) is 0 Å². The van der Waals surface area contributed by atoms with Crippen LogP contribution in [0.2, 0.25) is 5.02 Å². The SMILES string of the molecule is Cc1ccccc1OCCCCn1c(CCCNC(=O)Cc2ccc(Cl)cc2)nc2ccccc21. The fraction of sp³-hybridized carbons (Fsp3) is 0.310. The summed E-state index contributed by atoms with van der Waals surface area (Å²) in [6, 6.07) is 23.8. The van der Waals surface area contributed by atoms with Gasteiger partial charge < -0.3 is 14.6 Å². The molecule has 0 radical (unpaired) electrons.